The molecule has 1 aliphatic heterocycles. The van der Waals surface area contributed by atoms with E-state index in [-0.39, 0.29) is 34.6 Å². The van der Waals surface area contributed by atoms with Crippen molar-refractivity contribution in [3.8, 4) is 5.75 Å². The van der Waals surface area contributed by atoms with Gasteiger partial charge >= 0.3 is 0 Å². The maximum Gasteiger partial charge on any atom is 0.291 e. The summed E-state index contributed by atoms with van der Waals surface area (Å²) in [6.45, 7) is 8.78. The zero-order valence-corrected chi connectivity index (χ0v) is 21.5. The number of hydrogen-bond acceptors (Lipinski definition) is 8. The van der Waals surface area contributed by atoms with Crippen LogP contribution in [0.4, 0.5) is 27.5 Å². The van der Waals surface area contributed by atoms with E-state index in [1.807, 2.05) is 0 Å². The van der Waals surface area contributed by atoms with Gasteiger partial charge in [0, 0.05) is 28.9 Å². The molecule has 3 heterocycles. The fourth-order valence-electron chi connectivity index (χ4n) is 4.79. The second-order valence-corrected chi connectivity index (χ2v) is 10.3. The molecule has 10 heteroatoms. The molecule has 9 nitrogen and oxygen atoms in total. The number of furan rings is 1. The standard InChI is InChI=1S/C26H33FN6O3/c1-25(2)13-17(14-26(3,4)33(25)5)29-22-18(27)15-28-24(32-22)30-16-9-10-19(21(12-16)35-6)31-23(34)20-8-7-11-36-20/h7-12,15,17H,13-14H2,1-6H3,(H,31,34)(H2,28,29,30,32). The second kappa shape index (κ2) is 9.77. The van der Waals surface area contributed by atoms with Gasteiger partial charge in [-0.2, -0.15) is 4.98 Å². The van der Waals surface area contributed by atoms with Crippen LogP contribution in [-0.2, 0) is 0 Å². The van der Waals surface area contributed by atoms with Crippen LogP contribution >= 0.6 is 0 Å². The number of amides is 1. The lowest BCUT2D eigenvalue weighted by Gasteiger charge is -2.53. The number of likely N-dealkylation sites (tertiary alicyclic amines) is 1. The zero-order chi connectivity index (χ0) is 26.1. The average Bonchev–Trinajstić information content (AvgIpc) is 3.35. The normalized spacial score (nSPS) is 17.4. The van der Waals surface area contributed by atoms with Crippen LogP contribution in [0.3, 0.4) is 0 Å². The molecule has 1 aliphatic rings. The molecule has 1 fully saturated rings. The lowest BCUT2D eigenvalue weighted by molar-refractivity contribution is -0.00778. The minimum absolute atomic E-state index is 0.0470. The topological polar surface area (TPSA) is 105 Å². The number of nitrogens with one attached hydrogen (secondary N) is 3. The first-order valence-corrected chi connectivity index (χ1v) is 11.8. The Bertz CT molecular complexity index is 1210. The summed E-state index contributed by atoms with van der Waals surface area (Å²) in [7, 11) is 3.63. The van der Waals surface area contributed by atoms with Crippen molar-refractivity contribution in [3.63, 3.8) is 0 Å². The molecule has 0 spiro atoms. The van der Waals surface area contributed by atoms with Crippen LogP contribution in [0, 0.1) is 5.82 Å². The predicted octanol–water partition coefficient (Wildman–Crippen LogP) is 5.28. The highest BCUT2D eigenvalue weighted by Crippen LogP contribution is 2.38. The Morgan fingerprint density at radius 2 is 1.92 bits per heavy atom. The molecule has 0 radical (unpaired) electrons. The SMILES string of the molecule is COc1cc(Nc2ncc(F)c(NC3CC(C)(C)N(C)C(C)(C)C3)n2)ccc1NC(=O)c1ccco1. The molecular formula is C26H33FN6O3. The highest BCUT2D eigenvalue weighted by atomic mass is 19.1. The van der Waals surface area contributed by atoms with E-state index in [2.05, 4.69) is 65.6 Å². The summed E-state index contributed by atoms with van der Waals surface area (Å²) in [4.78, 5) is 23.2. The van der Waals surface area contributed by atoms with Crippen LogP contribution in [0.15, 0.2) is 47.2 Å². The van der Waals surface area contributed by atoms with Gasteiger partial charge in [-0.1, -0.05) is 0 Å². The molecule has 1 amide bonds. The maximum absolute atomic E-state index is 14.6. The first-order valence-electron chi connectivity index (χ1n) is 11.8. The van der Waals surface area contributed by atoms with Crippen LogP contribution < -0.4 is 20.7 Å². The molecule has 36 heavy (non-hydrogen) atoms. The number of carbonyl (C=O) groups excluding carboxylic acids is 1. The molecule has 3 N–H and O–H groups in total. The van der Waals surface area contributed by atoms with Crippen LogP contribution in [0.2, 0.25) is 0 Å². The number of anilines is 4. The number of benzene rings is 1. The highest BCUT2D eigenvalue weighted by Gasteiger charge is 2.43. The summed E-state index contributed by atoms with van der Waals surface area (Å²) in [6, 6.07) is 8.39. The van der Waals surface area contributed by atoms with Gasteiger partial charge in [0.05, 0.1) is 25.3 Å². The summed E-state index contributed by atoms with van der Waals surface area (Å²) in [5.41, 5.74) is 0.991. The third-order valence-corrected chi connectivity index (χ3v) is 6.84. The van der Waals surface area contributed by atoms with Crippen molar-refractivity contribution in [3.05, 3.63) is 54.4 Å². The van der Waals surface area contributed by atoms with E-state index in [9.17, 15) is 9.18 Å². The van der Waals surface area contributed by atoms with E-state index in [1.54, 1.807) is 30.3 Å². The quantitative estimate of drug-likeness (QED) is 0.406. The number of nitrogens with zero attached hydrogens (tertiary/aromatic N) is 3. The summed E-state index contributed by atoms with van der Waals surface area (Å²) in [5, 5.41) is 9.14. The molecule has 2 aromatic heterocycles. The molecule has 192 valence electrons. The molecule has 3 aromatic rings. The lowest BCUT2D eigenvalue weighted by Crippen LogP contribution is -2.61. The van der Waals surface area contributed by atoms with Crippen molar-refractivity contribution < 1.29 is 18.3 Å². The molecule has 0 saturated carbocycles. The summed E-state index contributed by atoms with van der Waals surface area (Å²) >= 11 is 0. The first kappa shape index (κ1) is 25.4. The third-order valence-electron chi connectivity index (χ3n) is 6.84. The van der Waals surface area contributed by atoms with Crippen LogP contribution in [-0.4, -0.2) is 52.1 Å². The van der Waals surface area contributed by atoms with E-state index in [4.69, 9.17) is 9.15 Å². The maximum atomic E-state index is 14.6. The number of aromatic nitrogens is 2. The summed E-state index contributed by atoms with van der Waals surface area (Å²) < 4.78 is 25.2. The number of carbonyl (C=O) groups is 1. The molecule has 1 saturated heterocycles. The number of halogens is 1. The minimum atomic E-state index is -0.511. The van der Waals surface area contributed by atoms with Crippen molar-refractivity contribution in [2.24, 2.45) is 0 Å². The Labute approximate surface area is 210 Å². The third kappa shape index (κ3) is 5.43. The van der Waals surface area contributed by atoms with Crippen molar-refractivity contribution in [1.82, 2.24) is 14.9 Å². The molecule has 0 unspecified atom stereocenters. The van der Waals surface area contributed by atoms with Gasteiger partial charge < -0.3 is 25.1 Å². The van der Waals surface area contributed by atoms with Crippen molar-refractivity contribution in [2.75, 3.05) is 30.1 Å². The molecule has 0 aliphatic carbocycles. The minimum Gasteiger partial charge on any atom is -0.494 e. The van der Waals surface area contributed by atoms with Crippen molar-refractivity contribution in [2.45, 2.75) is 57.7 Å². The molecule has 0 atom stereocenters. The second-order valence-electron chi connectivity index (χ2n) is 10.3. The first-order chi connectivity index (χ1) is 17.0. The highest BCUT2D eigenvalue weighted by molar-refractivity contribution is 6.03. The van der Waals surface area contributed by atoms with Crippen molar-refractivity contribution >= 4 is 29.0 Å². The fourth-order valence-corrected chi connectivity index (χ4v) is 4.79. The largest absolute Gasteiger partial charge is 0.494 e. The Morgan fingerprint density at radius 3 is 2.56 bits per heavy atom. The van der Waals surface area contributed by atoms with Gasteiger partial charge in [0.15, 0.2) is 17.4 Å². The number of hydrogen-bond donors (Lipinski definition) is 3. The number of methoxy groups -OCH3 is 1. The monoisotopic (exact) mass is 496 g/mol. The molecule has 4 rings (SSSR count). The Hall–Kier alpha value is -3.66. The van der Waals surface area contributed by atoms with Crippen LogP contribution in [0.25, 0.3) is 0 Å². The number of piperidine rings is 1. The number of ether oxygens (including phenoxy) is 1. The van der Waals surface area contributed by atoms with Gasteiger partial charge in [-0.3, -0.25) is 9.69 Å². The van der Waals surface area contributed by atoms with Gasteiger partial charge in [0.2, 0.25) is 5.95 Å². The smallest absolute Gasteiger partial charge is 0.291 e. The Kier molecular flexibility index (Phi) is 6.90. The number of rotatable bonds is 7. The van der Waals surface area contributed by atoms with E-state index in [0.29, 0.717) is 17.1 Å². The Morgan fingerprint density at radius 1 is 1.19 bits per heavy atom. The zero-order valence-electron chi connectivity index (χ0n) is 21.5. The van der Waals surface area contributed by atoms with Gasteiger partial charge in [0.1, 0.15) is 5.75 Å². The lowest BCUT2D eigenvalue weighted by atomic mass is 9.77. The van der Waals surface area contributed by atoms with Gasteiger partial charge in [-0.25, -0.2) is 9.37 Å². The van der Waals surface area contributed by atoms with E-state index in [1.165, 1.54) is 13.4 Å². The van der Waals surface area contributed by atoms with E-state index < -0.39 is 11.7 Å². The van der Waals surface area contributed by atoms with Crippen LogP contribution in [0.5, 0.6) is 5.75 Å². The van der Waals surface area contributed by atoms with E-state index >= 15 is 0 Å². The van der Waals surface area contributed by atoms with E-state index in [0.717, 1.165) is 19.0 Å². The van der Waals surface area contributed by atoms with Crippen molar-refractivity contribution in [1.29, 1.82) is 0 Å². The Balaban J connectivity index is 1.49. The molecular weight excluding hydrogens is 463 g/mol. The average molecular weight is 497 g/mol. The molecule has 0 bridgehead atoms. The molecule has 1 aromatic carbocycles. The summed E-state index contributed by atoms with van der Waals surface area (Å²) in [5.74, 6) is 0.106. The fraction of sp³-hybridized carbons (Fsp3) is 0.423. The predicted molar refractivity (Wildman–Crippen MR) is 137 cm³/mol. The summed E-state index contributed by atoms with van der Waals surface area (Å²) in [6.07, 6.45) is 4.28. The van der Waals surface area contributed by atoms with Gasteiger partial charge in [-0.15, -0.1) is 0 Å². The van der Waals surface area contributed by atoms with Gasteiger partial charge in [-0.05, 0) is 71.8 Å². The van der Waals surface area contributed by atoms with Gasteiger partial charge in [0.25, 0.3) is 5.91 Å². The van der Waals surface area contributed by atoms with Crippen LogP contribution in [0.1, 0.15) is 51.1 Å².